The van der Waals surface area contributed by atoms with Gasteiger partial charge in [-0.1, -0.05) is 6.92 Å². The van der Waals surface area contributed by atoms with Crippen molar-refractivity contribution in [2.75, 3.05) is 27.8 Å². The van der Waals surface area contributed by atoms with E-state index in [0.717, 1.165) is 27.8 Å². The standard InChI is InChI=1S/C13H20BrNO3/c1-5-8-6-9(10(16)7-15-2)13(18-4)11(14)12(8)17-3/h6,10,15-16H,5,7H2,1-4H3. The van der Waals surface area contributed by atoms with Crippen LogP contribution in [-0.4, -0.2) is 32.9 Å². The van der Waals surface area contributed by atoms with Gasteiger partial charge in [-0.05, 0) is 41.0 Å². The molecule has 0 radical (unpaired) electrons. The quantitative estimate of drug-likeness (QED) is 0.845. The first kappa shape index (κ1) is 15.3. The highest BCUT2D eigenvalue weighted by Gasteiger charge is 2.21. The van der Waals surface area contributed by atoms with Gasteiger partial charge in [0.25, 0.3) is 0 Å². The molecule has 4 nitrogen and oxygen atoms in total. The van der Waals surface area contributed by atoms with E-state index in [4.69, 9.17) is 9.47 Å². The molecular formula is C13H20BrNO3. The molecule has 0 heterocycles. The summed E-state index contributed by atoms with van der Waals surface area (Å²) >= 11 is 3.48. The lowest BCUT2D eigenvalue weighted by Crippen LogP contribution is -2.17. The van der Waals surface area contributed by atoms with Gasteiger partial charge in [0.1, 0.15) is 16.0 Å². The van der Waals surface area contributed by atoms with Crippen molar-refractivity contribution >= 4 is 15.9 Å². The number of methoxy groups -OCH3 is 2. The van der Waals surface area contributed by atoms with Gasteiger partial charge in [0.2, 0.25) is 0 Å². The van der Waals surface area contributed by atoms with Crippen LogP contribution >= 0.6 is 15.9 Å². The van der Waals surface area contributed by atoms with E-state index in [9.17, 15) is 5.11 Å². The molecule has 102 valence electrons. The Hall–Kier alpha value is -0.780. The number of hydrogen-bond acceptors (Lipinski definition) is 4. The van der Waals surface area contributed by atoms with Crippen LogP contribution in [0.1, 0.15) is 24.2 Å². The summed E-state index contributed by atoms with van der Waals surface area (Å²) in [6.07, 6.45) is 0.211. The summed E-state index contributed by atoms with van der Waals surface area (Å²) in [5.41, 5.74) is 1.80. The van der Waals surface area contributed by atoms with Crippen molar-refractivity contribution in [3.8, 4) is 11.5 Å². The predicted octanol–water partition coefficient (Wildman–Crippen LogP) is 2.28. The molecular weight excluding hydrogens is 298 g/mol. The third-order valence-corrected chi connectivity index (χ3v) is 3.55. The van der Waals surface area contributed by atoms with E-state index < -0.39 is 6.10 Å². The monoisotopic (exact) mass is 317 g/mol. The zero-order chi connectivity index (χ0) is 13.7. The lowest BCUT2D eigenvalue weighted by atomic mass is 10.0. The van der Waals surface area contributed by atoms with Gasteiger partial charge in [-0.2, -0.15) is 0 Å². The number of aliphatic hydroxyl groups is 1. The molecule has 1 rings (SSSR count). The Morgan fingerprint density at radius 2 is 1.94 bits per heavy atom. The van der Waals surface area contributed by atoms with E-state index in [-0.39, 0.29) is 0 Å². The van der Waals surface area contributed by atoms with E-state index in [2.05, 4.69) is 21.2 Å². The largest absolute Gasteiger partial charge is 0.495 e. The molecule has 0 aliphatic carbocycles. The maximum absolute atomic E-state index is 10.1. The first-order valence-electron chi connectivity index (χ1n) is 5.86. The number of ether oxygens (including phenoxy) is 2. The maximum Gasteiger partial charge on any atom is 0.142 e. The molecule has 1 unspecified atom stereocenters. The van der Waals surface area contributed by atoms with E-state index in [1.54, 1.807) is 21.3 Å². The SMILES string of the molecule is CCc1cc(C(O)CNC)c(OC)c(Br)c1OC. The Balaban J connectivity index is 3.37. The van der Waals surface area contributed by atoms with Crippen LogP contribution in [0, 0.1) is 0 Å². The summed E-state index contributed by atoms with van der Waals surface area (Å²) < 4.78 is 11.5. The molecule has 0 amide bonds. The first-order valence-corrected chi connectivity index (χ1v) is 6.65. The fraction of sp³-hybridized carbons (Fsp3) is 0.538. The summed E-state index contributed by atoms with van der Waals surface area (Å²) in [7, 11) is 5.01. The van der Waals surface area contributed by atoms with Gasteiger partial charge in [-0.3, -0.25) is 0 Å². The molecule has 0 saturated heterocycles. The average Bonchev–Trinajstić information content (AvgIpc) is 2.37. The van der Waals surface area contributed by atoms with E-state index >= 15 is 0 Å². The minimum absolute atomic E-state index is 0.471. The van der Waals surface area contributed by atoms with E-state index in [1.165, 1.54) is 0 Å². The van der Waals surface area contributed by atoms with Crippen molar-refractivity contribution < 1.29 is 14.6 Å². The molecule has 2 N–H and O–H groups in total. The van der Waals surface area contributed by atoms with Crippen LogP contribution in [0.15, 0.2) is 10.5 Å². The first-order chi connectivity index (χ1) is 8.60. The van der Waals surface area contributed by atoms with Crippen molar-refractivity contribution in [1.82, 2.24) is 5.32 Å². The molecule has 0 aromatic heterocycles. The van der Waals surface area contributed by atoms with Gasteiger partial charge in [0.05, 0.1) is 20.3 Å². The van der Waals surface area contributed by atoms with Gasteiger partial charge in [-0.25, -0.2) is 0 Å². The van der Waals surface area contributed by atoms with Crippen LogP contribution in [0.5, 0.6) is 11.5 Å². The molecule has 18 heavy (non-hydrogen) atoms. The van der Waals surface area contributed by atoms with Crippen molar-refractivity contribution in [2.45, 2.75) is 19.4 Å². The zero-order valence-electron chi connectivity index (χ0n) is 11.2. The van der Waals surface area contributed by atoms with Gasteiger partial charge in [0.15, 0.2) is 0 Å². The lowest BCUT2D eigenvalue weighted by molar-refractivity contribution is 0.173. The second-order valence-electron chi connectivity index (χ2n) is 3.93. The van der Waals surface area contributed by atoms with Crippen molar-refractivity contribution in [1.29, 1.82) is 0 Å². The molecule has 1 atom stereocenters. The van der Waals surface area contributed by atoms with Crippen LogP contribution in [0.25, 0.3) is 0 Å². The van der Waals surface area contributed by atoms with Crippen LogP contribution in [0.4, 0.5) is 0 Å². The van der Waals surface area contributed by atoms with Crippen molar-refractivity contribution in [3.05, 3.63) is 21.7 Å². The third-order valence-electron chi connectivity index (χ3n) is 2.83. The van der Waals surface area contributed by atoms with Crippen LogP contribution in [-0.2, 0) is 6.42 Å². The van der Waals surface area contributed by atoms with Crippen LogP contribution < -0.4 is 14.8 Å². The number of hydrogen-bond donors (Lipinski definition) is 2. The highest BCUT2D eigenvalue weighted by molar-refractivity contribution is 9.10. The van der Waals surface area contributed by atoms with Crippen LogP contribution in [0.2, 0.25) is 0 Å². The van der Waals surface area contributed by atoms with Crippen molar-refractivity contribution in [3.63, 3.8) is 0 Å². The zero-order valence-corrected chi connectivity index (χ0v) is 12.8. The molecule has 0 spiro atoms. The summed E-state index contributed by atoms with van der Waals surface area (Å²) in [6, 6.07) is 1.93. The Labute approximate surface area is 116 Å². The minimum atomic E-state index is -0.613. The minimum Gasteiger partial charge on any atom is -0.495 e. The Morgan fingerprint density at radius 1 is 1.33 bits per heavy atom. The molecule has 0 bridgehead atoms. The second kappa shape index (κ2) is 6.97. The van der Waals surface area contributed by atoms with E-state index in [1.807, 2.05) is 13.0 Å². The van der Waals surface area contributed by atoms with E-state index in [0.29, 0.717) is 12.3 Å². The Kier molecular flexibility index (Phi) is 5.91. The third kappa shape index (κ3) is 2.96. The topological polar surface area (TPSA) is 50.7 Å². The van der Waals surface area contributed by atoms with Gasteiger partial charge >= 0.3 is 0 Å². The van der Waals surface area contributed by atoms with Gasteiger partial charge in [0, 0.05) is 12.1 Å². The number of nitrogens with one attached hydrogen (secondary N) is 1. The fourth-order valence-electron chi connectivity index (χ4n) is 1.93. The number of benzene rings is 1. The highest BCUT2D eigenvalue weighted by atomic mass is 79.9. The smallest absolute Gasteiger partial charge is 0.142 e. The molecule has 0 aliphatic rings. The summed E-state index contributed by atoms with van der Waals surface area (Å²) in [4.78, 5) is 0. The number of halogens is 1. The molecule has 0 aliphatic heterocycles. The van der Waals surface area contributed by atoms with Crippen molar-refractivity contribution in [2.24, 2.45) is 0 Å². The Morgan fingerprint density at radius 3 is 2.39 bits per heavy atom. The summed E-state index contributed by atoms with van der Waals surface area (Å²) in [5, 5.41) is 13.1. The number of rotatable bonds is 6. The van der Waals surface area contributed by atoms with Gasteiger partial charge in [-0.15, -0.1) is 0 Å². The lowest BCUT2D eigenvalue weighted by Gasteiger charge is -2.20. The fourth-order valence-corrected chi connectivity index (χ4v) is 2.74. The van der Waals surface area contributed by atoms with Crippen LogP contribution in [0.3, 0.4) is 0 Å². The molecule has 1 aromatic carbocycles. The molecule has 0 fully saturated rings. The molecule has 0 saturated carbocycles. The Bertz CT molecular complexity index is 410. The highest BCUT2D eigenvalue weighted by Crippen LogP contribution is 2.42. The molecule has 5 heteroatoms. The van der Waals surface area contributed by atoms with Gasteiger partial charge < -0.3 is 19.9 Å². The normalized spacial score (nSPS) is 12.3. The average molecular weight is 318 g/mol. The number of likely N-dealkylation sites (N-methyl/N-ethyl adjacent to an activating group) is 1. The number of aryl methyl sites for hydroxylation is 1. The second-order valence-corrected chi connectivity index (χ2v) is 4.73. The summed E-state index contributed by atoms with van der Waals surface area (Å²) in [6.45, 7) is 2.52. The molecule has 1 aromatic rings. The number of aliphatic hydroxyl groups excluding tert-OH is 1. The predicted molar refractivity (Wildman–Crippen MR) is 75.5 cm³/mol. The maximum atomic E-state index is 10.1. The summed E-state index contributed by atoms with van der Waals surface area (Å²) in [5.74, 6) is 1.38.